The topological polar surface area (TPSA) is 90.5 Å². The Bertz CT molecular complexity index is 947. The molecule has 2 heterocycles. The number of carbonyl (C=O) groups is 1. The van der Waals surface area contributed by atoms with Gasteiger partial charge in [-0.05, 0) is 44.0 Å². The molecule has 1 aliphatic heterocycles. The lowest BCUT2D eigenvalue weighted by molar-refractivity contribution is -0.388. The molecule has 150 valence electrons. The van der Waals surface area contributed by atoms with Gasteiger partial charge in [-0.3, -0.25) is 15.0 Å². The van der Waals surface area contributed by atoms with E-state index in [2.05, 4.69) is 5.10 Å². The number of fused-ring (bicyclic) bond motifs is 1. The van der Waals surface area contributed by atoms with Gasteiger partial charge < -0.3 is 4.74 Å². The zero-order chi connectivity index (χ0) is 20.9. The van der Waals surface area contributed by atoms with Crippen LogP contribution in [0.3, 0.4) is 0 Å². The molecule has 0 radical (unpaired) electrons. The molecule has 28 heavy (non-hydrogen) atoms. The average Bonchev–Trinajstić information content (AvgIpc) is 3.16. The summed E-state index contributed by atoms with van der Waals surface area (Å²) in [7, 11) is 0. The van der Waals surface area contributed by atoms with Gasteiger partial charge in [0.15, 0.2) is 0 Å². The van der Waals surface area contributed by atoms with Crippen molar-refractivity contribution in [2.45, 2.75) is 45.6 Å². The van der Waals surface area contributed by atoms with Gasteiger partial charge in [0.05, 0.1) is 10.6 Å². The summed E-state index contributed by atoms with van der Waals surface area (Å²) in [5, 5.41) is 14.3. The fraction of sp³-hybridized carbons (Fsp3) is 0.412. The maximum atomic E-state index is 13.0. The van der Waals surface area contributed by atoms with E-state index in [1.165, 1.54) is 11.0 Å². The Balaban J connectivity index is 1.88. The second kappa shape index (κ2) is 6.50. The molecule has 0 N–H and O–H groups in total. The SMILES string of the molecule is CC(C)(C)OC(=O)N1Cc2ccc(-n3cc([N+](=O)[O-])c(C(F)(F)F)n3)cc2C1. The molecule has 0 bridgehead atoms. The predicted molar refractivity (Wildman–Crippen MR) is 90.7 cm³/mol. The first-order chi connectivity index (χ1) is 12.8. The highest BCUT2D eigenvalue weighted by molar-refractivity contribution is 5.69. The van der Waals surface area contributed by atoms with E-state index in [-0.39, 0.29) is 12.2 Å². The smallest absolute Gasteiger partial charge is 0.442 e. The molecule has 0 saturated carbocycles. The fourth-order valence-electron chi connectivity index (χ4n) is 2.81. The monoisotopic (exact) mass is 398 g/mol. The van der Waals surface area contributed by atoms with E-state index < -0.39 is 34.2 Å². The highest BCUT2D eigenvalue weighted by Gasteiger charge is 2.42. The largest absolute Gasteiger partial charge is 0.444 e. The lowest BCUT2D eigenvalue weighted by Crippen LogP contribution is -2.33. The Kier molecular flexibility index (Phi) is 4.56. The third-order valence-corrected chi connectivity index (χ3v) is 3.99. The second-order valence-corrected chi connectivity index (χ2v) is 7.35. The van der Waals surface area contributed by atoms with Crippen molar-refractivity contribution in [2.75, 3.05) is 0 Å². The van der Waals surface area contributed by atoms with Crippen molar-refractivity contribution >= 4 is 11.8 Å². The molecule has 1 aliphatic rings. The lowest BCUT2D eigenvalue weighted by atomic mass is 10.1. The number of alkyl halides is 3. The van der Waals surface area contributed by atoms with Crippen molar-refractivity contribution in [3.8, 4) is 5.69 Å². The highest BCUT2D eigenvalue weighted by Crippen LogP contribution is 2.35. The van der Waals surface area contributed by atoms with Crippen LogP contribution >= 0.6 is 0 Å². The Labute approximate surface area is 157 Å². The summed E-state index contributed by atoms with van der Waals surface area (Å²) in [6, 6.07) is 4.70. The second-order valence-electron chi connectivity index (χ2n) is 7.35. The highest BCUT2D eigenvalue weighted by atomic mass is 19.4. The van der Waals surface area contributed by atoms with Crippen LogP contribution in [0.15, 0.2) is 24.4 Å². The maximum Gasteiger partial charge on any atom is 0.442 e. The zero-order valence-corrected chi connectivity index (χ0v) is 15.3. The molecule has 0 unspecified atom stereocenters. The molecule has 0 spiro atoms. The van der Waals surface area contributed by atoms with E-state index in [9.17, 15) is 28.1 Å². The summed E-state index contributed by atoms with van der Waals surface area (Å²) in [5.74, 6) is 0. The van der Waals surface area contributed by atoms with Crippen LogP contribution in [0.2, 0.25) is 0 Å². The van der Waals surface area contributed by atoms with E-state index in [1.54, 1.807) is 32.9 Å². The van der Waals surface area contributed by atoms with Gasteiger partial charge in [-0.15, -0.1) is 0 Å². The van der Waals surface area contributed by atoms with Crippen LogP contribution in [-0.2, 0) is 24.0 Å². The van der Waals surface area contributed by atoms with Gasteiger partial charge in [0.1, 0.15) is 11.8 Å². The number of carbonyl (C=O) groups excluding carboxylic acids is 1. The Morgan fingerprint density at radius 1 is 1.21 bits per heavy atom. The van der Waals surface area contributed by atoms with Gasteiger partial charge in [0.2, 0.25) is 5.69 Å². The van der Waals surface area contributed by atoms with Crippen molar-refractivity contribution in [2.24, 2.45) is 0 Å². The number of rotatable bonds is 2. The fourth-order valence-corrected chi connectivity index (χ4v) is 2.81. The summed E-state index contributed by atoms with van der Waals surface area (Å²) in [6.07, 6.45) is -4.72. The van der Waals surface area contributed by atoms with Crippen molar-refractivity contribution < 1.29 is 27.6 Å². The minimum atomic E-state index is -4.95. The summed E-state index contributed by atoms with van der Waals surface area (Å²) < 4.78 is 45.1. The van der Waals surface area contributed by atoms with E-state index in [0.717, 1.165) is 16.4 Å². The first-order valence-electron chi connectivity index (χ1n) is 8.26. The lowest BCUT2D eigenvalue weighted by Gasteiger charge is -2.24. The van der Waals surface area contributed by atoms with Crippen LogP contribution in [0.5, 0.6) is 0 Å². The quantitative estimate of drug-likeness (QED) is 0.562. The third kappa shape index (κ3) is 3.92. The normalized spacial score (nSPS) is 14.1. The van der Waals surface area contributed by atoms with Gasteiger partial charge in [-0.25, -0.2) is 9.48 Å². The molecular formula is C17H17F3N4O4. The molecule has 8 nitrogen and oxygen atoms in total. The number of aromatic nitrogens is 2. The van der Waals surface area contributed by atoms with Crippen LogP contribution in [0.1, 0.15) is 37.6 Å². The summed E-state index contributed by atoms with van der Waals surface area (Å²) >= 11 is 0. The van der Waals surface area contributed by atoms with Gasteiger partial charge in [-0.1, -0.05) is 6.07 Å². The Morgan fingerprint density at radius 2 is 1.86 bits per heavy atom. The van der Waals surface area contributed by atoms with Crippen LogP contribution in [-0.4, -0.2) is 31.3 Å². The van der Waals surface area contributed by atoms with E-state index in [0.29, 0.717) is 12.1 Å². The molecular weight excluding hydrogens is 381 g/mol. The van der Waals surface area contributed by atoms with Crippen LogP contribution in [0.25, 0.3) is 5.69 Å². The minimum absolute atomic E-state index is 0.216. The number of amides is 1. The number of ether oxygens (including phenoxy) is 1. The molecule has 0 aliphatic carbocycles. The van der Waals surface area contributed by atoms with Crippen molar-refractivity contribution in [3.63, 3.8) is 0 Å². The minimum Gasteiger partial charge on any atom is -0.444 e. The molecule has 1 amide bonds. The first-order valence-corrected chi connectivity index (χ1v) is 8.26. The Hall–Kier alpha value is -3.11. The molecule has 0 saturated heterocycles. The van der Waals surface area contributed by atoms with E-state index in [4.69, 9.17) is 4.74 Å². The van der Waals surface area contributed by atoms with Gasteiger partial charge in [0, 0.05) is 13.1 Å². The van der Waals surface area contributed by atoms with Crippen molar-refractivity contribution in [3.05, 3.63) is 51.3 Å². The number of nitrogens with zero attached hydrogens (tertiary/aromatic N) is 4. The summed E-state index contributed by atoms with van der Waals surface area (Å²) in [6.45, 7) is 5.75. The molecule has 11 heteroatoms. The molecule has 3 rings (SSSR count). The molecule has 1 aromatic heterocycles. The predicted octanol–water partition coefficient (Wildman–Crippen LogP) is 4.05. The summed E-state index contributed by atoms with van der Waals surface area (Å²) in [5.41, 5.74) is -1.60. The molecule has 0 fully saturated rings. The number of benzene rings is 1. The van der Waals surface area contributed by atoms with Crippen LogP contribution in [0.4, 0.5) is 23.7 Å². The van der Waals surface area contributed by atoms with Gasteiger partial charge in [-0.2, -0.15) is 18.3 Å². The van der Waals surface area contributed by atoms with Gasteiger partial charge in [0.25, 0.3) is 0 Å². The van der Waals surface area contributed by atoms with E-state index >= 15 is 0 Å². The van der Waals surface area contributed by atoms with Gasteiger partial charge >= 0.3 is 18.0 Å². The Morgan fingerprint density at radius 3 is 2.39 bits per heavy atom. The number of nitro groups is 1. The molecule has 0 atom stereocenters. The zero-order valence-electron chi connectivity index (χ0n) is 15.3. The first kappa shape index (κ1) is 19.6. The van der Waals surface area contributed by atoms with Crippen molar-refractivity contribution in [1.29, 1.82) is 0 Å². The maximum absolute atomic E-state index is 13.0. The van der Waals surface area contributed by atoms with E-state index in [1.807, 2.05) is 0 Å². The summed E-state index contributed by atoms with van der Waals surface area (Å²) in [4.78, 5) is 23.5. The third-order valence-electron chi connectivity index (χ3n) is 3.99. The van der Waals surface area contributed by atoms with Crippen LogP contribution < -0.4 is 0 Å². The average molecular weight is 398 g/mol. The standard InChI is InChI=1S/C17H17F3N4O4/c1-16(2,3)28-15(25)22-7-10-4-5-12(6-11(10)8-22)23-9-13(24(26)27)14(21-23)17(18,19)20/h4-6,9H,7-8H2,1-3H3. The molecule has 1 aromatic carbocycles. The number of hydrogen-bond donors (Lipinski definition) is 0. The number of halogens is 3. The van der Waals surface area contributed by atoms with Crippen LogP contribution in [0, 0.1) is 10.1 Å². The van der Waals surface area contributed by atoms with Crippen molar-refractivity contribution in [1.82, 2.24) is 14.7 Å². The molecule has 2 aromatic rings. The number of hydrogen-bond acceptors (Lipinski definition) is 5.